The van der Waals surface area contributed by atoms with Gasteiger partial charge in [-0.15, -0.1) is 0 Å². The molecule has 0 amide bonds. The highest BCUT2D eigenvalue weighted by atomic mass is 127. The van der Waals surface area contributed by atoms with Crippen LogP contribution >= 0.6 is 22.6 Å². The second kappa shape index (κ2) is 3.01. The van der Waals surface area contributed by atoms with E-state index in [1.54, 1.807) is 0 Å². The third-order valence-corrected chi connectivity index (χ3v) is 2.42. The first-order valence-corrected chi connectivity index (χ1v) is 4.36. The summed E-state index contributed by atoms with van der Waals surface area (Å²) >= 11 is 2.49. The molecule has 0 aromatic carbocycles. The van der Waals surface area contributed by atoms with Crippen LogP contribution in [-0.2, 0) is 0 Å². The molecular formula is C7H12IN. The SMILES string of the molecule is CC1(I)C=CCNCC1. The van der Waals surface area contributed by atoms with Crippen LogP contribution in [-0.4, -0.2) is 16.5 Å². The molecule has 1 heterocycles. The minimum absolute atomic E-state index is 0.390. The molecule has 0 saturated carbocycles. The van der Waals surface area contributed by atoms with Gasteiger partial charge in [-0.3, -0.25) is 0 Å². The summed E-state index contributed by atoms with van der Waals surface area (Å²) in [7, 11) is 0. The number of rotatable bonds is 0. The Kier molecular flexibility index (Phi) is 2.52. The van der Waals surface area contributed by atoms with E-state index in [1.807, 2.05) is 0 Å². The summed E-state index contributed by atoms with van der Waals surface area (Å²) in [4.78, 5) is 0. The molecule has 1 nitrogen and oxygen atoms in total. The molecule has 52 valence electrons. The Morgan fingerprint density at radius 3 is 3.22 bits per heavy atom. The third kappa shape index (κ3) is 2.67. The fraction of sp³-hybridized carbons (Fsp3) is 0.714. The zero-order valence-corrected chi connectivity index (χ0v) is 7.81. The average molecular weight is 237 g/mol. The van der Waals surface area contributed by atoms with Gasteiger partial charge in [-0.1, -0.05) is 34.7 Å². The molecule has 2 heteroatoms. The Bertz CT molecular complexity index is 118. The number of alkyl halides is 1. The maximum absolute atomic E-state index is 3.31. The lowest BCUT2D eigenvalue weighted by atomic mass is 10.1. The molecule has 1 aliphatic heterocycles. The van der Waals surface area contributed by atoms with Gasteiger partial charge in [0.15, 0.2) is 0 Å². The van der Waals surface area contributed by atoms with E-state index in [1.165, 1.54) is 6.42 Å². The molecule has 0 fully saturated rings. The fourth-order valence-corrected chi connectivity index (χ4v) is 1.43. The molecule has 1 N–H and O–H groups in total. The second-order valence-corrected chi connectivity index (χ2v) is 5.10. The minimum atomic E-state index is 0.390. The highest BCUT2D eigenvalue weighted by Gasteiger charge is 2.16. The van der Waals surface area contributed by atoms with Crippen molar-refractivity contribution >= 4 is 22.6 Å². The molecule has 1 unspecified atom stereocenters. The topological polar surface area (TPSA) is 12.0 Å². The van der Waals surface area contributed by atoms with Crippen LogP contribution in [0, 0.1) is 0 Å². The molecule has 0 bridgehead atoms. The average Bonchev–Trinajstić information content (AvgIpc) is 1.92. The van der Waals surface area contributed by atoms with E-state index < -0.39 is 0 Å². The van der Waals surface area contributed by atoms with Crippen molar-refractivity contribution in [1.82, 2.24) is 5.32 Å². The molecule has 0 aromatic rings. The third-order valence-electron chi connectivity index (χ3n) is 1.52. The lowest BCUT2D eigenvalue weighted by Crippen LogP contribution is -2.18. The summed E-state index contributed by atoms with van der Waals surface area (Å²) in [6.07, 6.45) is 5.73. The first kappa shape index (κ1) is 7.54. The van der Waals surface area contributed by atoms with Crippen LogP contribution in [0.3, 0.4) is 0 Å². The first-order chi connectivity index (χ1) is 4.21. The molecule has 0 saturated heterocycles. The minimum Gasteiger partial charge on any atom is -0.313 e. The Balaban J connectivity index is 2.52. The lowest BCUT2D eigenvalue weighted by Gasteiger charge is -2.14. The summed E-state index contributed by atoms with van der Waals surface area (Å²) < 4.78 is 0.390. The molecule has 0 aromatic heterocycles. The van der Waals surface area contributed by atoms with E-state index in [0.717, 1.165) is 13.1 Å². The maximum atomic E-state index is 3.31. The molecule has 1 atom stereocenters. The predicted octanol–water partition coefficient (Wildman–Crippen LogP) is 1.73. The number of nitrogens with one attached hydrogen (secondary N) is 1. The molecule has 0 spiro atoms. The van der Waals surface area contributed by atoms with Crippen LogP contribution < -0.4 is 5.32 Å². The summed E-state index contributed by atoms with van der Waals surface area (Å²) in [5.74, 6) is 0. The van der Waals surface area contributed by atoms with E-state index in [2.05, 4.69) is 47.0 Å². The normalized spacial score (nSPS) is 36.2. The van der Waals surface area contributed by atoms with Gasteiger partial charge in [0.05, 0.1) is 0 Å². The van der Waals surface area contributed by atoms with Gasteiger partial charge < -0.3 is 5.32 Å². The van der Waals surface area contributed by atoms with Crippen molar-refractivity contribution in [2.45, 2.75) is 16.8 Å². The van der Waals surface area contributed by atoms with Gasteiger partial charge in [-0.05, 0) is 19.9 Å². The Hall–Kier alpha value is 0.430. The van der Waals surface area contributed by atoms with Crippen LogP contribution in [0.15, 0.2) is 12.2 Å². The highest BCUT2D eigenvalue weighted by molar-refractivity contribution is 14.1. The van der Waals surface area contributed by atoms with Crippen LogP contribution in [0.4, 0.5) is 0 Å². The monoisotopic (exact) mass is 237 g/mol. The maximum Gasteiger partial charge on any atom is 0.0385 e. The standard InChI is InChI=1S/C7H12IN/c1-7(8)3-2-5-9-6-4-7/h2-3,9H,4-6H2,1H3. The zero-order chi connectivity index (χ0) is 6.74. The van der Waals surface area contributed by atoms with Crippen LogP contribution in [0.2, 0.25) is 0 Å². The lowest BCUT2D eigenvalue weighted by molar-refractivity contribution is 0.668. The quantitative estimate of drug-likeness (QED) is 0.384. The Morgan fingerprint density at radius 2 is 2.44 bits per heavy atom. The van der Waals surface area contributed by atoms with Crippen molar-refractivity contribution in [3.05, 3.63) is 12.2 Å². The van der Waals surface area contributed by atoms with E-state index in [4.69, 9.17) is 0 Å². The van der Waals surface area contributed by atoms with Crippen molar-refractivity contribution < 1.29 is 0 Å². The van der Waals surface area contributed by atoms with Crippen molar-refractivity contribution in [2.75, 3.05) is 13.1 Å². The van der Waals surface area contributed by atoms with E-state index in [-0.39, 0.29) is 0 Å². The first-order valence-electron chi connectivity index (χ1n) is 3.28. The van der Waals surface area contributed by atoms with Crippen molar-refractivity contribution in [3.63, 3.8) is 0 Å². The fourth-order valence-electron chi connectivity index (χ4n) is 0.906. The highest BCUT2D eigenvalue weighted by Crippen LogP contribution is 2.24. The van der Waals surface area contributed by atoms with E-state index in [9.17, 15) is 0 Å². The molecule has 0 radical (unpaired) electrons. The van der Waals surface area contributed by atoms with Crippen molar-refractivity contribution in [3.8, 4) is 0 Å². The molecule has 1 rings (SSSR count). The summed E-state index contributed by atoms with van der Waals surface area (Å²) in [5, 5.41) is 3.31. The van der Waals surface area contributed by atoms with Gasteiger partial charge >= 0.3 is 0 Å². The molecule has 0 aliphatic carbocycles. The molecule has 1 aliphatic rings. The van der Waals surface area contributed by atoms with Crippen LogP contribution in [0.25, 0.3) is 0 Å². The Morgan fingerprint density at radius 1 is 1.67 bits per heavy atom. The smallest absolute Gasteiger partial charge is 0.0385 e. The summed E-state index contributed by atoms with van der Waals surface area (Å²) in [6, 6.07) is 0. The van der Waals surface area contributed by atoms with Crippen molar-refractivity contribution in [1.29, 1.82) is 0 Å². The van der Waals surface area contributed by atoms with Gasteiger partial charge in [0.1, 0.15) is 0 Å². The van der Waals surface area contributed by atoms with Gasteiger partial charge in [-0.25, -0.2) is 0 Å². The Labute approximate surface area is 70.0 Å². The van der Waals surface area contributed by atoms with Crippen LogP contribution in [0.5, 0.6) is 0 Å². The largest absolute Gasteiger partial charge is 0.313 e. The van der Waals surface area contributed by atoms with Gasteiger partial charge in [0.25, 0.3) is 0 Å². The molecule has 9 heavy (non-hydrogen) atoms. The van der Waals surface area contributed by atoms with Gasteiger partial charge in [0.2, 0.25) is 0 Å². The van der Waals surface area contributed by atoms with E-state index >= 15 is 0 Å². The number of allylic oxidation sites excluding steroid dienone is 1. The number of hydrogen-bond donors (Lipinski definition) is 1. The van der Waals surface area contributed by atoms with Gasteiger partial charge in [0, 0.05) is 9.97 Å². The summed E-state index contributed by atoms with van der Waals surface area (Å²) in [5.41, 5.74) is 0. The van der Waals surface area contributed by atoms with Crippen LogP contribution in [0.1, 0.15) is 13.3 Å². The van der Waals surface area contributed by atoms with Crippen molar-refractivity contribution in [2.24, 2.45) is 0 Å². The number of hydrogen-bond acceptors (Lipinski definition) is 1. The zero-order valence-electron chi connectivity index (χ0n) is 5.65. The number of halogens is 1. The predicted molar refractivity (Wildman–Crippen MR) is 49.1 cm³/mol. The second-order valence-electron chi connectivity index (χ2n) is 2.63. The van der Waals surface area contributed by atoms with Gasteiger partial charge in [-0.2, -0.15) is 0 Å². The molecular weight excluding hydrogens is 225 g/mol. The summed E-state index contributed by atoms with van der Waals surface area (Å²) in [6.45, 7) is 4.45. The van der Waals surface area contributed by atoms with E-state index in [0.29, 0.717) is 3.42 Å².